The molecule has 3 rings (SSSR count). The fourth-order valence-corrected chi connectivity index (χ4v) is 3.68. The van der Waals surface area contributed by atoms with Crippen molar-refractivity contribution in [1.82, 2.24) is 15.1 Å². The van der Waals surface area contributed by atoms with Gasteiger partial charge in [0.05, 0.1) is 7.11 Å². The van der Waals surface area contributed by atoms with Crippen molar-refractivity contribution < 1.29 is 23.9 Å². The molecule has 0 atom stereocenters. The molecular formula is C19H25N3O5. The Morgan fingerprint density at radius 1 is 1.15 bits per heavy atom. The van der Waals surface area contributed by atoms with Gasteiger partial charge in [-0.3, -0.25) is 0 Å². The number of benzene rings is 1. The Kier molecular flexibility index (Phi) is 5.83. The van der Waals surface area contributed by atoms with Crippen molar-refractivity contribution in [3.05, 3.63) is 35.9 Å². The van der Waals surface area contributed by atoms with Gasteiger partial charge in [0, 0.05) is 26.2 Å². The minimum atomic E-state index is -1.03. The van der Waals surface area contributed by atoms with Crippen LogP contribution < -0.4 is 5.32 Å². The number of carbonyl (C=O) groups excluding carboxylic acids is 3. The lowest BCUT2D eigenvalue weighted by atomic mass is 9.85. The maximum atomic E-state index is 12.5. The van der Waals surface area contributed by atoms with E-state index in [4.69, 9.17) is 9.47 Å². The normalized spacial score (nSPS) is 19.2. The van der Waals surface area contributed by atoms with Crippen LogP contribution in [0.2, 0.25) is 0 Å². The van der Waals surface area contributed by atoms with Gasteiger partial charge in [-0.05, 0) is 24.8 Å². The van der Waals surface area contributed by atoms with Gasteiger partial charge in [-0.2, -0.15) is 0 Å². The van der Waals surface area contributed by atoms with Crippen LogP contribution in [0.3, 0.4) is 0 Å². The zero-order chi connectivity index (χ0) is 19.3. The summed E-state index contributed by atoms with van der Waals surface area (Å²) in [6.07, 6.45) is 1.01. The average molecular weight is 375 g/mol. The molecule has 146 valence electrons. The van der Waals surface area contributed by atoms with Crippen LogP contribution in [0.4, 0.5) is 9.59 Å². The minimum Gasteiger partial charge on any atom is -0.467 e. The lowest BCUT2D eigenvalue weighted by molar-refractivity contribution is -0.157. The van der Waals surface area contributed by atoms with Crippen LogP contribution in [0.25, 0.3) is 0 Å². The molecule has 0 aliphatic carbocycles. The standard InChI is InChI=1S/C19H25N3O5/c1-26-16(23)19(22-11-5-10-20-17(22)24)8-12-21(13-9-19)18(25)27-14-15-6-3-2-4-7-15/h2-4,6-7H,5,8-14H2,1H3,(H,20,24). The summed E-state index contributed by atoms with van der Waals surface area (Å²) in [5, 5.41) is 2.78. The predicted molar refractivity (Wildman–Crippen MR) is 96.9 cm³/mol. The molecule has 0 radical (unpaired) electrons. The third-order valence-corrected chi connectivity index (χ3v) is 5.22. The predicted octanol–water partition coefficient (Wildman–Crippen LogP) is 1.75. The van der Waals surface area contributed by atoms with Crippen LogP contribution in [0.1, 0.15) is 24.8 Å². The Balaban J connectivity index is 1.62. The van der Waals surface area contributed by atoms with Gasteiger partial charge in [0.1, 0.15) is 12.1 Å². The summed E-state index contributed by atoms with van der Waals surface area (Å²) < 4.78 is 10.4. The molecule has 8 nitrogen and oxygen atoms in total. The van der Waals surface area contributed by atoms with Crippen LogP contribution in [0.15, 0.2) is 30.3 Å². The van der Waals surface area contributed by atoms with Crippen molar-refractivity contribution in [3.63, 3.8) is 0 Å². The second-order valence-corrected chi connectivity index (χ2v) is 6.79. The number of amides is 3. The van der Waals surface area contributed by atoms with Gasteiger partial charge < -0.3 is 24.6 Å². The second-order valence-electron chi connectivity index (χ2n) is 6.79. The van der Waals surface area contributed by atoms with Crippen molar-refractivity contribution in [2.45, 2.75) is 31.4 Å². The quantitative estimate of drug-likeness (QED) is 0.810. The molecule has 2 fully saturated rings. The van der Waals surface area contributed by atoms with Crippen molar-refractivity contribution in [2.75, 3.05) is 33.3 Å². The van der Waals surface area contributed by atoms with Crippen LogP contribution in [0, 0.1) is 0 Å². The molecule has 3 amide bonds. The summed E-state index contributed by atoms with van der Waals surface area (Å²) in [4.78, 5) is 40.3. The number of hydrogen-bond donors (Lipinski definition) is 1. The van der Waals surface area contributed by atoms with Crippen molar-refractivity contribution in [1.29, 1.82) is 0 Å². The number of methoxy groups -OCH3 is 1. The van der Waals surface area contributed by atoms with E-state index in [9.17, 15) is 14.4 Å². The monoisotopic (exact) mass is 375 g/mol. The molecule has 2 aliphatic rings. The number of esters is 1. The van der Waals surface area contributed by atoms with E-state index < -0.39 is 17.6 Å². The molecule has 1 aromatic rings. The Morgan fingerprint density at radius 2 is 1.85 bits per heavy atom. The molecule has 8 heteroatoms. The second kappa shape index (κ2) is 8.28. The molecule has 0 bridgehead atoms. The van der Waals surface area contributed by atoms with Gasteiger partial charge >= 0.3 is 18.1 Å². The smallest absolute Gasteiger partial charge is 0.410 e. The van der Waals surface area contributed by atoms with E-state index in [1.54, 1.807) is 9.80 Å². The van der Waals surface area contributed by atoms with Gasteiger partial charge in [-0.25, -0.2) is 14.4 Å². The molecular weight excluding hydrogens is 350 g/mol. The first-order chi connectivity index (χ1) is 13.1. The van der Waals surface area contributed by atoms with Gasteiger partial charge in [0.15, 0.2) is 0 Å². The average Bonchev–Trinajstić information content (AvgIpc) is 2.72. The highest BCUT2D eigenvalue weighted by atomic mass is 16.6. The Hall–Kier alpha value is -2.77. The molecule has 0 unspecified atom stereocenters. The molecule has 0 aromatic heterocycles. The molecule has 2 heterocycles. The maximum absolute atomic E-state index is 12.5. The first-order valence-electron chi connectivity index (χ1n) is 9.16. The van der Waals surface area contributed by atoms with Gasteiger partial charge in [0.2, 0.25) is 0 Å². The van der Waals surface area contributed by atoms with Gasteiger partial charge in [0.25, 0.3) is 0 Å². The number of hydrogen-bond acceptors (Lipinski definition) is 5. The number of ether oxygens (including phenoxy) is 2. The summed E-state index contributed by atoms with van der Waals surface area (Å²) >= 11 is 0. The molecule has 27 heavy (non-hydrogen) atoms. The number of rotatable bonds is 4. The fraction of sp³-hybridized carbons (Fsp3) is 0.526. The van der Waals surface area contributed by atoms with Gasteiger partial charge in [-0.15, -0.1) is 0 Å². The maximum Gasteiger partial charge on any atom is 0.410 e. The van der Waals surface area contributed by atoms with E-state index in [2.05, 4.69) is 5.32 Å². The highest BCUT2D eigenvalue weighted by Gasteiger charge is 2.50. The Morgan fingerprint density at radius 3 is 2.48 bits per heavy atom. The van der Waals surface area contributed by atoms with E-state index in [-0.39, 0.29) is 12.6 Å². The topological polar surface area (TPSA) is 88.2 Å². The van der Waals surface area contributed by atoms with E-state index in [1.165, 1.54) is 7.11 Å². The molecule has 2 aliphatic heterocycles. The molecule has 1 aromatic carbocycles. The lowest BCUT2D eigenvalue weighted by Gasteiger charge is -2.47. The van der Waals surface area contributed by atoms with Crippen LogP contribution in [-0.4, -0.2) is 66.7 Å². The van der Waals surface area contributed by atoms with Crippen molar-refractivity contribution >= 4 is 18.1 Å². The van der Waals surface area contributed by atoms with Crippen molar-refractivity contribution in [2.24, 2.45) is 0 Å². The molecule has 0 saturated carbocycles. The highest BCUT2D eigenvalue weighted by molar-refractivity contribution is 5.88. The summed E-state index contributed by atoms with van der Waals surface area (Å²) in [7, 11) is 1.33. The number of nitrogens with zero attached hydrogens (tertiary/aromatic N) is 2. The number of nitrogens with one attached hydrogen (secondary N) is 1. The van der Waals surface area contributed by atoms with E-state index in [0.717, 1.165) is 12.0 Å². The van der Waals surface area contributed by atoms with E-state index >= 15 is 0 Å². The van der Waals surface area contributed by atoms with Crippen LogP contribution in [-0.2, 0) is 20.9 Å². The molecule has 1 N–H and O–H groups in total. The zero-order valence-corrected chi connectivity index (χ0v) is 15.5. The first-order valence-corrected chi connectivity index (χ1v) is 9.16. The van der Waals surface area contributed by atoms with Gasteiger partial charge in [-0.1, -0.05) is 30.3 Å². The van der Waals surface area contributed by atoms with E-state index in [0.29, 0.717) is 39.0 Å². The number of carbonyl (C=O) groups is 3. The molecule has 0 spiro atoms. The zero-order valence-electron chi connectivity index (χ0n) is 15.5. The lowest BCUT2D eigenvalue weighted by Crippen LogP contribution is -2.66. The Bertz CT molecular complexity index is 686. The first kappa shape index (κ1) is 19.0. The van der Waals surface area contributed by atoms with E-state index in [1.807, 2.05) is 30.3 Å². The SMILES string of the molecule is COC(=O)C1(N2CCCNC2=O)CCN(C(=O)OCc2ccccc2)CC1. The minimum absolute atomic E-state index is 0.201. The van der Waals surface area contributed by atoms with Crippen LogP contribution >= 0.6 is 0 Å². The summed E-state index contributed by atoms with van der Waals surface area (Å²) in [5.74, 6) is -0.433. The number of urea groups is 1. The third-order valence-electron chi connectivity index (χ3n) is 5.22. The summed E-state index contributed by atoms with van der Waals surface area (Å²) in [6, 6.07) is 9.20. The highest BCUT2D eigenvalue weighted by Crippen LogP contribution is 2.32. The summed E-state index contributed by atoms with van der Waals surface area (Å²) in [6.45, 7) is 1.95. The third kappa shape index (κ3) is 3.99. The molecule has 2 saturated heterocycles. The Labute approximate surface area is 158 Å². The number of piperidine rings is 1. The fourth-order valence-electron chi connectivity index (χ4n) is 3.68. The van der Waals surface area contributed by atoms with Crippen LogP contribution in [0.5, 0.6) is 0 Å². The van der Waals surface area contributed by atoms with Crippen molar-refractivity contribution in [3.8, 4) is 0 Å². The summed E-state index contributed by atoms with van der Waals surface area (Å²) in [5.41, 5.74) is -0.119. The largest absolute Gasteiger partial charge is 0.467 e. The number of likely N-dealkylation sites (tertiary alicyclic amines) is 1.